The van der Waals surface area contributed by atoms with E-state index in [0.717, 1.165) is 75.2 Å². The number of nitrogens with one attached hydrogen (secondary N) is 2. The van der Waals surface area contributed by atoms with Gasteiger partial charge < -0.3 is 19.9 Å². The monoisotopic (exact) mass is 809 g/mol. The zero-order valence-corrected chi connectivity index (χ0v) is 32.3. The fraction of sp³-hybridized carbons (Fsp3) is 0.463. The molecule has 0 radical (unpaired) electrons. The third-order valence-electron chi connectivity index (χ3n) is 12.6. The molecule has 58 heavy (non-hydrogen) atoms. The fourth-order valence-electron chi connectivity index (χ4n) is 9.34. The first-order chi connectivity index (χ1) is 28.0. The van der Waals surface area contributed by atoms with E-state index in [4.69, 9.17) is 21.6 Å². The molecule has 2 N–H and O–H groups in total. The predicted molar refractivity (Wildman–Crippen MR) is 207 cm³/mol. The largest absolute Gasteiger partial charge is 0.490 e. The van der Waals surface area contributed by atoms with Gasteiger partial charge in [-0.2, -0.15) is 5.26 Å². The Kier molecular flexibility index (Phi) is 9.97. The molecule has 4 atom stereocenters. The summed E-state index contributed by atoms with van der Waals surface area (Å²) in [5.74, 6) is -0.341. The van der Waals surface area contributed by atoms with E-state index in [0.29, 0.717) is 47.2 Å². The van der Waals surface area contributed by atoms with Gasteiger partial charge in [0.15, 0.2) is 0 Å². The lowest BCUT2D eigenvalue weighted by atomic mass is 9.93. The maximum atomic E-state index is 15.4. The van der Waals surface area contributed by atoms with Crippen molar-refractivity contribution in [1.82, 2.24) is 30.4 Å². The summed E-state index contributed by atoms with van der Waals surface area (Å²) in [6.07, 6.45) is 6.38. The summed E-state index contributed by atoms with van der Waals surface area (Å²) < 4.78 is 21.5. The summed E-state index contributed by atoms with van der Waals surface area (Å²) in [5.41, 5.74) is 0.950. The number of imide groups is 2. The highest BCUT2D eigenvalue weighted by Gasteiger charge is 2.56. The fourth-order valence-corrected chi connectivity index (χ4v) is 9.55. The van der Waals surface area contributed by atoms with Crippen LogP contribution in [-0.4, -0.2) is 113 Å². The van der Waals surface area contributed by atoms with Gasteiger partial charge in [0.05, 0.1) is 45.9 Å². The first-order valence-corrected chi connectivity index (χ1v) is 20.2. The van der Waals surface area contributed by atoms with Crippen molar-refractivity contribution >= 4 is 52.6 Å². The van der Waals surface area contributed by atoms with Crippen LogP contribution in [-0.2, 0) is 9.59 Å². The Hall–Kier alpha value is -5.66. The number of ether oxygens (including phenoxy) is 1. The second kappa shape index (κ2) is 15.3. The lowest BCUT2D eigenvalue weighted by Crippen LogP contribution is -2.54. The average Bonchev–Trinajstić information content (AvgIpc) is 3.52. The quantitative estimate of drug-likeness (QED) is 0.302. The molecule has 4 aliphatic heterocycles. The Labute approximate surface area is 338 Å². The molecule has 5 fully saturated rings. The molecule has 2 aliphatic carbocycles. The van der Waals surface area contributed by atoms with Gasteiger partial charge in [-0.05, 0) is 74.1 Å². The topological polar surface area (TPSA) is 181 Å². The standard InChI is InChI=1S/C41H41ClFN9O6/c42-31-13-25(4-1-22(31)16-44)58-24-5-2-23(3-6-24)47-38(54)33-17-46-36(18-45-33)51-20-29-28(30(29)21-51)19-49-9-11-50(12-10-49)35-15-27-26(14-32(35)43)40(56)52(41(27)57)34-7-8-37(53)48-39(34)55/h1,4,13-15,17-18,23-24,28-30,34H,2-3,5-12,19-21H2,(H,47,54)(H,48,53,55)/t23-,24-,28-,29-,30+,34?. The molecule has 3 saturated heterocycles. The van der Waals surface area contributed by atoms with Gasteiger partial charge in [-0.25, -0.2) is 14.4 Å². The number of anilines is 2. The van der Waals surface area contributed by atoms with E-state index >= 15 is 4.39 Å². The van der Waals surface area contributed by atoms with Crippen LogP contribution in [0.25, 0.3) is 0 Å². The van der Waals surface area contributed by atoms with Gasteiger partial charge in [-0.3, -0.25) is 39.1 Å². The zero-order chi connectivity index (χ0) is 40.2. The molecule has 1 unspecified atom stereocenters. The van der Waals surface area contributed by atoms with E-state index in [1.165, 1.54) is 6.07 Å². The summed E-state index contributed by atoms with van der Waals surface area (Å²) >= 11 is 6.14. The number of nitriles is 1. The number of fused-ring (bicyclic) bond motifs is 2. The summed E-state index contributed by atoms with van der Waals surface area (Å²) in [5, 5.41) is 14.7. The molecule has 17 heteroatoms. The van der Waals surface area contributed by atoms with Gasteiger partial charge in [0.1, 0.15) is 35.2 Å². The predicted octanol–water partition coefficient (Wildman–Crippen LogP) is 3.17. The van der Waals surface area contributed by atoms with Crippen LogP contribution in [0.15, 0.2) is 42.7 Å². The van der Waals surface area contributed by atoms with Gasteiger partial charge in [0.2, 0.25) is 11.8 Å². The highest BCUT2D eigenvalue weighted by Crippen LogP contribution is 2.52. The molecule has 300 valence electrons. The summed E-state index contributed by atoms with van der Waals surface area (Å²) in [6, 6.07) is 8.53. The van der Waals surface area contributed by atoms with E-state index in [1.54, 1.807) is 30.6 Å². The van der Waals surface area contributed by atoms with Gasteiger partial charge in [0, 0.05) is 64.3 Å². The van der Waals surface area contributed by atoms with Crippen LogP contribution < -0.4 is 25.2 Å². The molecular weight excluding hydrogens is 769 g/mol. The van der Waals surface area contributed by atoms with Gasteiger partial charge in [-0.15, -0.1) is 0 Å². The SMILES string of the molecule is N#Cc1ccc(O[C@H]2CC[C@H](NC(=O)c3cnc(N4C[C@@H]5[C@@H](CN6CCN(c7cc8c(cc7F)C(=O)N(C7CCC(=O)NC7=O)C8=O)CC6)[C@@H]5C4)cn3)CC2)cc1Cl. The van der Waals surface area contributed by atoms with E-state index in [1.807, 2.05) is 11.0 Å². The molecule has 6 aliphatic rings. The van der Waals surface area contributed by atoms with E-state index in [9.17, 15) is 24.0 Å². The van der Waals surface area contributed by atoms with Crippen LogP contribution in [0, 0.1) is 34.9 Å². The minimum Gasteiger partial charge on any atom is -0.490 e. The van der Waals surface area contributed by atoms with E-state index < -0.39 is 35.5 Å². The van der Waals surface area contributed by atoms with Crippen LogP contribution in [0.1, 0.15) is 75.3 Å². The molecule has 0 spiro atoms. The smallest absolute Gasteiger partial charge is 0.271 e. The van der Waals surface area contributed by atoms with Crippen molar-refractivity contribution < 1.29 is 33.1 Å². The second-order valence-electron chi connectivity index (χ2n) is 16.1. The zero-order valence-electron chi connectivity index (χ0n) is 31.5. The molecule has 2 aromatic carbocycles. The first-order valence-electron chi connectivity index (χ1n) is 19.8. The summed E-state index contributed by atoms with van der Waals surface area (Å²) in [4.78, 5) is 79.8. The highest BCUT2D eigenvalue weighted by atomic mass is 35.5. The number of aromatic nitrogens is 2. The van der Waals surface area contributed by atoms with Crippen molar-refractivity contribution in [3.63, 3.8) is 0 Å². The number of rotatable bonds is 9. The second-order valence-corrected chi connectivity index (χ2v) is 16.5. The van der Waals surface area contributed by atoms with Crippen LogP contribution in [0.4, 0.5) is 15.9 Å². The third kappa shape index (κ3) is 7.21. The van der Waals surface area contributed by atoms with E-state index in [-0.39, 0.29) is 53.4 Å². The van der Waals surface area contributed by atoms with Crippen LogP contribution in [0.5, 0.6) is 5.75 Å². The Balaban J connectivity index is 0.712. The number of piperazine rings is 1. The Morgan fingerprint density at radius 1 is 0.931 bits per heavy atom. The molecule has 5 heterocycles. The summed E-state index contributed by atoms with van der Waals surface area (Å²) in [7, 11) is 0. The van der Waals surface area contributed by atoms with Crippen molar-refractivity contribution in [1.29, 1.82) is 5.26 Å². The van der Waals surface area contributed by atoms with Crippen LogP contribution in [0.3, 0.4) is 0 Å². The number of piperidine rings is 2. The van der Waals surface area contributed by atoms with Crippen molar-refractivity contribution in [3.8, 4) is 11.8 Å². The lowest BCUT2D eigenvalue weighted by molar-refractivity contribution is -0.136. The van der Waals surface area contributed by atoms with Crippen LogP contribution in [0.2, 0.25) is 5.02 Å². The summed E-state index contributed by atoms with van der Waals surface area (Å²) in [6.45, 7) is 5.26. The Morgan fingerprint density at radius 2 is 1.66 bits per heavy atom. The number of hydrogen-bond donors (Lipinski definition) is 2. The normalized spacial score (nSPS) is 26.9. The lowest BCUT2D eigenvalue weighted by Gasteiger charge is -2.36. The van der Waals surface area contributed by atoms with Crippen LogP contribution >= 0.6 is 11.6 Å². The molecule has 1 aromatic heterocycles. The molecule has 15 nitrogen and oxygen atoms in total. The number of carbonyl (C=O) groups excluding carboxylic acids is 5. The first kappa shape index (κ1) is 37.9. The number of halogens is 2. The average molecular weight is 810 g/mol. The molecule has 0 bridgehead atoms. The number of nitrogens with zero attached hydrogens (tertiary/aromatic N) is 7. The van der Waals surface area contributed by atoms with Gasteiger partial charge >= 0.3 is 0 Å². The number of carbonyl (C=O) groups is 5. The van der Waals surface area contributed by atoms with Gasteiger partial charge in [-0.1, -0.05) is 11.6 Å². The molecule has 5 amide bonds. The third-order valence-corrected chi connectivity index (χ3v) is 12.9. The minimum atomic E-state index is -1.10. The van der Waals surface area contributed by atoms with Crippen molar-refractivity contribution in [2.75, 3.05) is 55.6 Å². The van der Waals surface area contributed by atoms with Crippen molar-refractivity contribution in [3.05, 3.63) is 75.9 Å². The maximum absolute atomic E-state index is 15.4. The van der Waals surface area contributed by atoms with Crippen molar-refractivity contribution in [2.24, 2.45) is 17.8 Å². The molecular formula is C41H41ClFN9O6. The number of hydrogen-bond acceptors (Lipinski definition) is 12. The maximum Gasteiger partial charge on any atom is 0.271 e. The highest BCUT2D eigenvalue weighted by molar-refractivity contribution is 6.31. The minimum absolute atomic E-state index is 0.00726. The number of amides is 5. The molecule has 9 rings (SSSR count). The number of benzene rings is 2. The van der Waals surface area contributed by atoms with Gasteiger partial charge in [0.25, 0.3) is 17.7 Å². The van der Waals surface area contributed by atoms with Crippen molar-refractivity contribution in [2.45, 2.75) is 56.7 Å². The molecule has 3 aromatic rings. The molecule has 2 saturated carbocycles. The Morgan fingerprint density at radius 3 is 2.31 bits per heavy atom. The Bertz CT molecular complexity index is 2230. The van der Waals surface area contributed by atoms with E-state index in [2.05, 4.69) is 30.4 Å².